The zero-order valence-corrected chi connectivity index (χ0v) is 15.0. The van der Waals surface area contributed by atoms with Crippen LogP contribution in [0, 0.1) is 0 Å². The highest BCUT2D eigenvalue weighted by molar-refractivity contribution is 6.02. The average Bonchev–Trinajstić information content (AvgIpc) is 3.09. The summed E-state index contributed by atoms with van der Waals surface area (Å²) in [7, 11) is 1.68. The second-order valence-electron chi connectivity index (χ2n) is 6.64. The second kappa shape index (κ2) is 5.87. The van der Waals surface area contributed by atoms with Crippen LogP contribution in [0.2, 0.25) is 0 Å². The standard InChI is InChI=1S/C20H12F3N5O/c1-27-10-25-16-17(27)13-6-7-15(20(21,22)23)26-18(13)28(19(16)29)14-9-24-8-11-4-2-3-5-12(11)14/h2-10H,1H3. The van der Waals surface area contributed by atoms with Crippen molar-refractivity contribution in [3.63, 3.8) is 0 Å². The Morgan fingerprint density at radius 3 is 2.59 bits per heavy atom. The predicted molar refractivity (Wildman–Crippen MR) is 102 cm³/mol. The van der Waals surface area contributed by atoms with Crippen LogP contribution in [0.1, 0.15) is 5.69 Å². The third-order valence-corrected chi connectivity index (χ3v) is 4.86. The zero-order chi connectivity index (χ0) is 20.3. The van der Waals surface area contributed by atoms with Gasteiger partial charge < -0.3 is 4.57 Å². The summed E-state index contributed by atoms with van der Waals surface area (Å²) in [6.45, 7) is 0. The van der Waals surface area contributed by atoms with Gasteiger partial charge in [0.25, 0.3) is 5.56 Å². The molecule has 0 fully saturated rings. The number of rotatable bonds is 1. The van der Waals surface area contributed by atoms with Gasteiger partial charge in [0.1, 0.15) is 11.3 Å². The van der Waals surface area contributed by atoms with E-state index < -0.39 is 17.4 Å². The van der Waals surface area contributed by atoms with E-state index in [0.717, 1.165) is 16.0 Å². The van der Waals surface area contributed by atoms with Gasteiger partial charge in [-0.3, -0.25) is 14.3 Å². The average molecular weight is 395 g/mol. The highest BCUT2D eigenvalue weighted by Gasteiger charge is 2.33. The van der Waals surface area contributed by atoms with E-state index >= 15 is 0 Å². The molecule has 0 amide bonds. The first-order valence-corrected chi connectivity index (χ1v) is 8.63. The molecule has 6 nitrogen and oxygen atoms in total. The minimum Gasteiger partial charge on any atom is -0.333 e. The molecule has 0 spiro atoms. The molecule has 4 aromatic heterocycles. The van der Waals surface area contributed by atoms with Crippen LogP contribution in [0.3, 0.4) is 0 Å². The van der Waals surface area contributed by atoms with E-state index in [1.165, 1.54) is 18.6 Å². The van der Waals surface area contributed by atoms with Gasteiger partial charge in [-0.1, -0.05) is 24.3 Å². The van der Waals surface area contributed by atoms with Crippen molar-refractivity contribution in [3.8, 4) is 5.69 Å². The van der Waals surface area contributed by atoms with Gasteiger partial charge in [-0.2, -0.15) is 13.2 Å². The summed E-state index contributed by atoms with van der Waals surface area (Å²) in [6, 6.07) is 9.42. The van der Waals surface area contributed by atoms with Crippen LogP contribution < -0.4 is 5.56 Å². The van der Waals surface area contributed by atoms with Crippen LogP contribution >= 0.6 is 0 Å². The lowest BCUT2D eigenvalue weighted by Gasteiger charge is -2.14. The molecule has 0 N–H and O–H groups in total. The third kappa shape index (κ3) is 2.50. The Morgan fingerprint density at radius 2 is 1.79 bits per heavy atom. The van der Waals surface area contributed by atoms with Crippen LogP contribution in [0.25, 0.3) is 38.5 Å². The van der Waals surface area contributed by atoms with Gasteiger partial charge >= 0.3 is 6.18 Å². The molecule has 0 atom stereocenters. The lowest BCUT2D eigenvalue weighted by Crippen LogP contribution is -2.22. The van der Waals surface area contributed by atoms with Crippen molar-refractivity contribution in [1.29, 1.82) is 0 Å². The molecule has 1 aromatic carbocycles. The molecule has 0 aliphatic heterocycles. The lowest BCUT2D eigenvalue weighted by atomic mass is 10.1. The molecule has 0 bridgehead atoms. The lowest BCUT2D eigenvalue weighted by molar-refractivity contribution is -0.141. The maximum Gasteiger partial charge on any atom is 0.433 e. The van der Waals surface area contributed by atoms with Crippen LogP contribution in [0.5, 0.6) is 0 Å². The Bertz CT molecular complexity index is 1480. The highest BCUT2D eigenvalue weighted by atomic mass is 19.4. The Kier molecular flexibility index (Phi) is 3.51. The molecular formula is C20H12F3N5O. The summed E-state index contributed by atoms with van der Waals surface area (Å²) in [5.41, 5.74) is -0.812. The summed E-state index contributed by atoms with van der Waals surface area (Å²) in [6.07, 6.45) is -0.123. The first-order valence-electron chi connectivity index (χ1n) is 8.63. The van der Waals surface area contributed by atoms with E-state index in [1.54, 1.807) is 29.9 Å². The number of pyridine rings is 3. The van der Waals surface area contributed by atoms with Gasteiger partial charge in [-0.25, -0.2) is 9.97 Å². The van der Waals surface area contributed by atoms with Crippen LogP contribution in [0.4, 0.5) is 13.2 Å². The summed E-state index contributed by atoms with van der Waals surface area (Å²) in [5, 5.41) is 1.80. The number of imidazole rings is 1. The fourth-order valence-corrected chi connectivity index (χ4v) is 3.57. The fourth-order valence-electron chi connectivity index (χ4n) is 3.57. The first kappa shape index (κ1) is 17.4. The molecule has 4 heterocycles. The monoisotopic (exact) mass is 395 g/mol. The Hall–Kier alpha value is -3.75. The van der Waals surface area contributed by atoms with Crippen LogP contribution in [-0.4, -0.2) is 24.1 Å². The maximum absolute atomic E-state index is 13.4. The van der Waals surface area contributed by atoms with Crippen LogP contribution in [-0.2, 0) is 13.2 Å². The summed E-state index contributed by atoms with van der Waals surface area (Å²) < 4.78 is 42.8. The van der Waals surface area contributed by atoms with Crippen molar-refractivity contribution in [2.45, 2.75) is 6.18 Å². The van der Waals surface area contributed by atoms with Crippen molar-refractivity contribution in [3.05, 3.63) is 71.2 Å². The van der Waals surface area contributed by atoms with E-state index in [2.05, 4.69) is 15.0 Å². The van der Waals surface area contributed by atoms with Gasteiger partial charge in [0.15, 0.2) is 5.52 Å². The number of fused-ring (bicyclic) bond motifs is 4. The molecule has 0 aliphatic rings. The van der Waals surface area contributed by atoms with Gasteiger partial charge in [0.2, 0.25) is 0 Å². The molecule has 5 aromatic rings. The zero-order valence-electron chi connectivity index (χ0n) is 15.0. The minimum atomic E-state index is -4.65. The summed E-state index contributed by atoms with van der Waals surface area (Å²) >= 11 is 0. The third-order valence-electron chi connectivity index (χ3n) is 4.86. The number of hydrogen-bond donors (Lipinski definition) is 0. The number of aryl methyl sites for hydroxylation is 1. The topological polar surface area (TPSA) is 65.6 Å². The molecule has 144 valence electrons. The SMILES string of the molecule is Cn1cnc2c(=O)n(-c3cncc4ccccc34)c3nc(C(F)(F)F)ccc3c21. The number of alkyl halides is 3. The molecular weight excluding hydrogens is 383 g/mol. The van der Waals surface area contributed by atoms with Gasteiger partial charge in [0.05, 0.1) is 23.7 Å². The fraction of sp³-hybridized carbons (Fsp3) is 0.100. The van der Waals surface area contributed by atoms with Crippen molar-refractivity contribution in [2.75, 3.05) is 0 Å². The molecule has 0 saturated heterocycles. The summed E-state index contributed by atoms with van der Waals surface area (Å²) in [5.74, 6) is 0. The first-order chi connectivity index (χ1) is 13.9. The number of nitrogens with zero attached hydrogens (tertiary/aromatic N) is 5. The molecule has 0 saturated carbocycles. The maximum atomic E-state index is 13.4. The van der Waals surface area contributed by atoms with E-state index in [-0.39, 0.29) is 11.2 Å². The molecule has 5 rings (SSSR count). The van der Waals surface area contributed by atoms with E-state index in [4.69, 9.17) is 0 Å². The Morgan fingerprint density at radius 1 is 1.00 bits per heavy atom. The largest absolute Gasteiger partial charge is 0.433 e. The van der Waals surface area contributed by atoms with Gasteiger partial charge in [-0.05, 0) is 12.1 Å². The molecule has 29 heavy (non-hydrogen) atoms. The van der Waals surface area contributed by atoms with Gasteiger partial charge in [0, 0.05) is 29.4 Å². The molecule has 9 heteroatoms. The van der Waals surface area contributed by atoms with Crippen molar-refractivity contribution in [2.24, 2.45) is 7.05 Å². The number of hydrogen-bond acceptors (Lipinski definition) is 4. The molecule has 0 aliphatic carbocycles. The van der Waals surface area contributed by atoms with Crippen molar-refractivity contribution >= 4 is 32.8 Å². The van der Waals surface area contributed by atoms with Crippen molar-refractivity contribution in [1.82, 2.24) is 24.1 Å². The normalized spacial score (nSPS) is 12.3. The van der Waals surface area contributed by atoms with E-state index in [1.807, 2.05) is 12.1 Å². The Balaban J connectivity index is 2.03. The molecule has 0 radical (unpaired) electrons. The predicted octanol–water partition coefficient (Wildman–Crippen LogP) is 3.84. The smallest absolute Gasteiger partial charge is 0.333 e. The number of benzene rings is 1. The number of aromatic nitrogens is 5. The van der Waals surface area contributed by atoms with Crippen LogP contribution in [0.15, 0.2) is 59.9 Å². The second-order valence-corrected chi connectivity index (χ2v) is 6.64. The quantitative estimate of drug-likeness (QED) is 0.433. The Labute approximate surface area is 160 Å². The van der Waals surface area contributed by atoms with E-state index in [9.17, 15) is 18.0 Å². The van der Waals surface area contributed by atoms with E-state index in [0.29, 0.717) is 22.0 Å². The van der Waals surface area contributed by atoms with Gasteiger partial charge in [-0.15, -0.1) is 0 Å². The highest BCUT2D eigenvalue weighted by Crippen LogP contribution is 2.32. The summed E-state index contributed by atoms with van der Waals surface area (Å²) in [4.78, 5) is 25.5. The van der Waals surface area contributed by atoms with Crippen molar-refractivity contribution < 1.29 is 13.2 Å². The molecule has 0 unspecified atom stereocenters. The minimum absolute atomic E-state index is 0.0981. The number of halogens is 3.